The minimum atomic E-state index is -4.39. The second-order valence-electron chi connectivity index (χ2n) is 5.02. The molecular weight excluding hydrogens is 484 g/mol. The summed E-state index contributed by atoms with van der Waals surface area (Å²) >= 11 is 1.01. The van der Waals surface area contributed by atoms with Gasteiger partial charge >= 0.3 is 6.18 Å². The highest BCUT2D eigenvalue weighted by Gasteiger charge is 2.33. The van der Waals surface area contributed by atoms with Gasteiger partial charge in [-0.05, 0) is 13.3 Å². The SMILES string of the molecule is CCNC(=NCCCOCCOC)NCCc1nc(C(F)(F)F)cs1.I. The number of alkyl halides is 3. The Labute approximate surface area is 173 Å². The van der Waals surface area contributed by atoms with E-state index in [0.29, 0.717) is 56.8 Å². The van der Waals surface area contributed by atoms with E-state index in [4.69, 9.17) is 9.47 Å². The molecule has 0 aliphatic carbocycles. The van der Waals surface area contributed by atoms with Crippen molar-refractivity contribution in [1.29, 1.82) is 0 Å². The fraction of sp³-hybridized carbons (Fsp3) is 0.733. The van der Waals surface area contributed by atoms with Gasteiger partial charge in [-0.25, -0.2) is 4.98 Å². The van der Waals surface area contributed by atoms with Crippen molar-refractivity contribution >= 4 is 41.3 Å². The molecule has 2 N–H and O–H groups in total. The summed E-state index contributed by atoms with van der Waals surface area (Å²) in [4.78, 5) is 7.99. The van der Waals surface area contributed by atoms with Crippen molar-refractivity contribution in [2.24, 2.45) is 4.99 Å². The fourth-order valence-electron chi connectivity index (χ4n) is 1.79. The molecule has 0 radical (unpaired) electrons. The highest BCUT2D eigenvalue weighted by atomic mass is 127. The van der Waals surface area contributed by atoms with Gasteiger partial charge in [0.15, 0.2) is 11.7 Å². The molecule has 11 heteroatoms. The second kappa shape index (κ2) is 14.4. The Balaban J connectivity index is 0.00000625. The van der Waals surface area contributed by atoms with E-state index in [1.807, 2.05) is 6.92 Å². The first-order valence-electron chi connectivity index (χ1n) is 8.07. The zero-order chi connectivity index (χ0) is 18.5. The Morgan fingerprint density at radius 2 is 2.04 bits per heavy atom. The number of thiazole rings is 1. The zero-order valence-electron chi connectivity index (χ0n) is 14.9. The van der Waals surface area contributed by atoms with Crippen LogP contribution in [0.1, 0.15) is 24.0 Å². The van der Waals surface area contributed by atoms with Crippen LogP contribution in [-0.4, -0.2) is 57.5 Å². The normalized spacial score (nSPS) is 12.0. The molecule has 0 aromatic carbocycles. The van der Waals surface area contributed by atoms with Crippen LogP contribution in [0.25, 0.3) is 0 Å². The lowest BCUT2D eigenvalue weighted by atomic mass is 10.4. The van der Waals surface area contributed by atoms with Crippen molar-refractivity contribution in [3.05, 3.63) is 16.1 Å². The summed E-state index contributed by atoms with van der Waals surface area (Å²) < 4.78 is 47.7. The number of hydrogen-bond acceptors (Lipinski definition) is 5. The lowest BCUT2D eigenvalue weighted by Gasteiger charge is -2.10. The topological polar surface area (TPSA) is 67.8 Å². The van der Waals surface area contributed by atoms with Crippen LogP contribution in [0.15, 0.2) is 10.4 Å². The number of ether oxygens (including phenoxy) is 2. The third kappa shape index (κ3) is 11.1. The molecule has 0 saturated heterocycles. The number of guanidine groups is 1. The molecule has 0 spiro atoms. The summed E-state index contributed by atoms with van der Waals surface area (Å²) in [7, 11) is 1.62. The summed E-state index contributed by atoms with van der Waals surface area (Å²) in [5.74, 6) is 0.631. The molecule has 0 fully saturated rings. The number of aromatic nitrogens is 1. The van der Waals surface area contributed by atoms with E-state index in [-0.39, 0.29) is 24.0 Å². The van der Waals surface area contributed by atoms with E-state index in [2.05, 4.69) is 20.6 Å². The van der Waals surface area contributed by atoms with Crippen LogP contribution >= 0.6 is 35.3 Å². The monoisotopic (exact) mass is 510 g/mol. The molecule has 0 amide bonds. The number of aliphatic imine (C=N–C) groups is 1. The third-order valence-electron chi connectivity index (χ3n) is 2.97. The van der Waals surface area contributed by atoms with Crippen molar-refractivity contribution in [3.8, 4) is 0 Å². The number of nitrogens with zero attached hydrogens (tertiary/aromatic N) is 2. The van der Waals surface area contributed by atoms with Gasteiger partial charge in [-0.2, -0.15) is 13.2 Å². The number of hydrogen-bond donors (Lipinski definition) is 2. The zero-order valence-corrected chi connectivity index (χ0v) is 18.0. The fourth-order valence-corrected chi connectivity index (χ4v) is 2.59. The molecule has 1 aromatic heterocycles. The van der Waals surface area contributed by atoms with E-state index in [9.17, 15) is 13.2 Å². The average molecular weight is 510 g/mol. The van der Waals surface area contributed by atoms with Crippen LogP contribution in [0.3, 0.4) is 0 Å². The van der Waals surface area contributed by atoms with Gasteiger partial charge in [0.25, 0.3) is 0 Å². The summed E-state index contributed by atoms with van der Waals surface area (Å²) in [5.41, 5.74) is -0.832. The van der Waals surface area contributed by atoms with Gasteiger partial charge < -0.3 is 20.1 Å². The molecule has 26 heavy (non-hydrogen) atoms. The van der Waals surface area contributed by atoms with Crippen LogP contribution in [0.2, 0.25) is 0 Å². The molecule has 0 unspecified atom stereocenters. The lowest BCUT2D eigenvalue weighted by molar-refractivity contribution is -0.140. The van der Waals surface area contributed by atoms with Crippen LogP contribution in [-0.2, 0) is 22.1 Å². The van der Waals surface area contributed by atoms with Crippen molar-refractivity contribution < 1.29 is 22.6 Å². The maximum absolute atomic E-state index is 12.5. The average Bonchev–Trinajstić information content (AvgIpc) is 3.03. The summed E-state index contributed by atoms with van der Waals surface area (Å²) in [6.07, 6.45) is -3.20. The molecule has 152 valence electrons. The summed E-state index contributed by atoms with van der Waals surface area (Å²) in [6, 6.07) is 0. The van der Waals surface area contributed by atoms with E-state index < -0.39 is 11.9 Å². The molecule has 0 aliphatic rings. The number of rotatable bonds is 11. The van der Waals surface area contributed by atoms with E-state index in [1.165, 1.54) is 0 Å². The Bertz CT molecular complexity index is 515. The van der Waals surface area contributed by atoms with Gasteiger partial charge in [-0.3, -0.25) is 4.99 Å². The molecule has 0 bridgehead atoms. The molecular formula is C15H26F3IN4O2S. The smallest absolute Gasteiger partial charge is 0.382 e. The molecule has 0 aliphatic heterocycles. The molecule has 0 saturated carbocycles. The number of nitrogens with one attached hydrogen (secondary N) is 2. The maximum Gasteiger partial charge on any atom is 0.434 e. The van der Waals surface area contributed by atoms with Gasteiger partial charge in [0.1, 0.15) is 0 Å². The van der Waals surface area contributed by atoms with Crippen molar-refractivity contribution in [1.82, 2.24) is 15.6 Å². The molecule has 1 rings (SSSR count). The minimum Gasteiger partial charge on any atom is -0.382 e. The second-order valence-corrected chi connectivity index (χ2v) is 5.96. The Hall–Kier alpha value is -0.660. The quantitative estimate of drug-likeness (QED) is 0.208. The standard InChI is InChI=1S/C15H25F3N4O2S.HI/c1-3-19-14(20-6-4-8-24-10-9-23-2)21-7-5-13-22-12(11-25-13)15(16,17)18;/h11H,3-10H2,1-2H3,(H2,19,20,21);1H. The first-order chi connectivity index (χ1) is 12.0. The summed E-state index contributed by atoms with van der Waals surface area (Å²) in [5, 5.41) is 7.67. The van der Waals surface area contributed by atoms with Crippen molar-refractivity contribution in [3.63, 3.8) is 0 Å². The van der Waals surface area contributed by atoms with Crippen molar-refractivity contribution in [2.45, 2.75) is 25.9 Å². The molecule has 1 aromatic rings. The molecule has 6 nitrogen and oxygen atoms in total. The van der Waals surface area contributed by atoms with Crippen molar-refractivity contribution in [2.75, 3.05) is 46.6 Å². The first kappa shape index (κ1) is 25.3. The maximum atomic E-state index is 12.5. The van der Waals surface area contributed by atoms with Gasteiger partial charge in [-0.1, -0.05) is 0 Å². The van der Waals surface area contributed by atoms with Crippen LogP contribution in [0, 0.1) is 0 Å². The predicted octanol–water partition coefficient (Wildman–Crippen LogP) is 2.93. The Morgan fingerprint density at radius 1 is 1.27 bits per heavy atom. The number of halogens is 4. The summed E-state index contributed by atoms with van der Waals surface area (Å²) in [6.45, 7) is 5.43. The predicted molar refractivity (Wildman–Crippen MR) is 108 cm³/mol. The Morgan fingerprint density at radius 3 is 2.65 bits per heavy atom. The van der Waals surface area contributed by atoms with Crippen LogP contribution in [0.5, 0.6) is 0 Å². The van der Waals surface area contributed by atoms with Gasteiger partial charge in [0.2, 0.25) is 0 Å². The lowest BCUT2D eigenvalue weighted by Crippen LogP contribution is -2.38. The van der Waals surface area contributed by atoms with Crippen LogP contribution < -0.4 is 10.6 Å². The largest absolute Gasteiger partial charge is 0.434 e. The highest BCUT2D eigenvalue weighted by Crippen LogP contribution is 2.29. The third-order valence-corrected chi connectivity index (χ3v) is 3.87. The first-order valence-corrected chi connectivity index (χ1v) is 8.95. The van der Waals surface area contributed by atoms with E-state index in [1.54, 1.807) is 7.11 Å². The van der Waals surface area contributed by atoms with Gasteiger partial charge in [0.05, 0.1) is 18.2 Å². The van der Waals surface area contributed by atoms with E-state index >= 15 is 0 Å². The molecule has 0 atom stereocenters. The highest BCUT2D eigenvalue weighted by molar-refractivity contribution is 14.0. The Kier molecular flexibility index (Phi) is 14.0. The van der Waals surface area contributed by atoms with E-state index in [0.717, 1.165) is 23.1 Å². The van der Waals surface area contributed by atoms with Crippen LogP contribution in [0.4, 0.5) is 13.2 Å². The van der Waals surface area contributed by atoms with Gasteiger partial charge in [0, 0.05) is 45.2 Å². The number of methoxy groups -OCH3 is 1. The minimum absolute atomic E-state index is 0. The van der Waals surface area contributed by atoms with Gasteiger partial charge in [-0.15, -0.1) is 35.3 Å². The molecule has 1 heterocycles.